The zero-order valence-corrected chi connectivity index (χ0v) is 12.3. The lowest BCUT2D eigenvalue weighted by Crippen LogP contribution is -2.42. The Morgan fingerprint density at radius 3 is 2.68 bits per heavy atom. The Hall–Kier alpha value is -0.610. The number of Topliss-reactive ketones (excluding diaryl/α,β-unsaturated/α-hetero) is 1. The summed E-state index contributed by atoms with van der Waals surface area (Å²) >= 11 is 11.9. The monoisotopic (exact) mass is 301 g/mol. The molecule has 1 saturated carbocycles. The van der Waals surface area contributed by atoms with Crippen molar-refractivity contribution in [2.24, 2.45) is 0 Å². The second-order valence-electron chi connectivity index (χ2n) is 4.86. The van der Waals surface area contributed by atoms with Crippen molar-refractivity contribution in [3.8, 4) is 0 Å². The molecule has 1 fully saturated rings. The molecule has 104 valence electrons. The lowest BCUT2D eigenvalue weighted by Gasteiger charge is -2.27. The average Bonchev–Trinajstić information content (AvgIpc) is 3.18. The SMILES string of the molecule is CC(C(=O)c1ccc(Cl)cc1Cl)N(CCO)C1CC1. The maximum atomic E-state index is 12.5. The number of rotatable bonds is 6. The van der Waals surface area contributed by atoms with Gasteiger partial charge in [-0.15, -0.1) is 0 Å². The highest BCUT2D eigenvalue weighted by atomic mass is 35.5. The van der Waals surface area contributed by atoms with Crippen LogP contribution < -0.4 is 0 Å². The van der Waals surface area contributed by atoms with Gasteiger partial charge in [-0.05, 0) is 38.0 Å². The van der Waals surface area contributed by atoms with Crippen LogP contribution in [-0.2, 0) is 0 Å². The van der Waals surface area contributed by atoms with E-state index in [4.69, 9.17) is 28.3 Å². The molecule has 0 heterocycles. The number of benzene rings is 1. The van der Waals surface area contributed by atoms with Crippen LogP contribution in [0.1, 0.15) is 30.1 Å². The van der Waals surface area contributed by atoms with Crippen LogP contribution in [0.3, 0.4) is 0 Å². The largest absolute Gasteiger partial charge is 0.395 e. The molecule has 0 spiro atoms. The van der Waals surface area contributed by atoms with Crippen molar-refractivity contribution >= 4 is 29.0 Å². The first-order valence-corrected chi connectivity index (χ1v) is 7.16. The van der Waals surface area contributed by atoms with Crippen LogP contribution in [-0.4, -0.2) is 41.0 Å². The maximum absolute atomic E-state index is 12.5. The van der Waals surface area contributed by atoms with Crippen molar-refractivity contribution in [3.05, 3.63) is 33.8 Å². The van der Waals surface area contributed by atoms with Gasteiger partial charge in [0.15, 0.2) is 5.78 Å². The predicted molar refractivity (Wildman–Crippen MR) is 77.1 cm³/mol. The molecule has 1 N–H and O–H groups in total. The molecule has 1 unspecified atom stereocenters. The number of halogens is 2. The number of aliphatic hydroxyl groups excluding tert-OH is 1. The standard InChI is InChI=1S/C14H17Cl2NO2/c1-9(17(6-7-18)11-3-4-11)14(19)12-5-2-10(15)8-13(12)16/h2,5,8-9,11,18H,3-4,6-7H2,1H3. The fourth-order valence-corrected chi connectivity index (χ4v) is 2.78. The lowest BCUT2D eigenvalue weighted by molar-refractivity contribution is 0.0793. The third kappa shape index (κ3) is 3.48. The van der Waals surface area contributed by atoms with E-state index < -0.39 is 0 Å². The summed E-state index contributed by atoms with van der Waals surface area (Å²) in [7, 11) is 0. The average molecular weight is 302 g/mol. The lowest BCUT2D eigenvalue weighted by atomic mass is 10.0. The molecular formula is C14H17Cl2NO2. The Morgan fingerprint density at radius 1 is 1.47 bits per heavy atom. The van der Waals surface area contributed by atoms with Crippen molar-refractivity contribution in [1.29, 1.82) is 0 Å². The van der Waals surface area contributed by atoms with Crippen LogP contribution >= 0.6 is 23.2 Å². The molecule has 1 aliphatic rings. The normalized spacial score (nSPS) is 16.7. The fraction of sp³-hybridized carbons (Fsp3) is 0.500. The van der Waals surface area contributed by atoms with E-state index in [9.17, 15) is 4.79 Å². The van der Waals surface area contributed by atoms with Crippen molar-refractivity contribution < 1.29 is 9.90 Å². The molecule has 3 nitrogen and oxygen atoms in total. The molecule has 0 aromatic heterocycles. The van der Waals surface area contributed by atoms with Gasteiger partial charge >= 0.3 is 0 Å². The minimum atomic E-state index is -0.279. The van der Waals surface area contributed by atoms with Gasteiger partial charge in [-0.2, -0.15) is 0 Å². The topological polar surface area (TPSA) is 40.5 Å². The van der Waals surface area contributed by atoms with Crippen LogP contribution in [0.2, 0.25) is 10.0 Å². The van der Waals surface area contributed by atoms with Crippen LogP contribution in [0.25, 0.3) is 0 Å². The summed E-state index contributed by atoms with van der Waals surface area (Å²) in [6.45, 7) is 2.44. The Labute approximate surface area is 123 Å². The second-order valence-corrected chi connectivity index (χ2v) is 5.70. The fourth-order valence-electron chi connectivity index (χ4n) is 2.28. The van der Waals surface area contributed by atoms with E-state index in [1.165, 1.54) is 0 Å². The van der Waals surface area contributed by atoms with Gasteiger partial charge in [0.25, 0.3) is 0 Å². The van der Waals surface area contributed by atoms with Gasteiger partial charge in [0.1, 0.15) is 0 Å². The molecule has 1 aliphatic carbocycles. The molecule has 5 heteroatoms. The van der Waals surface area contributed by atoms with Crippen LogP contribution in [0, 0.1) is 0 Å². The summed E-state index contributed by atoms with van der Waals surface area (Å²) in [6, 6.07) is 5.04. The quantitative estimate of drug-likeness (QED) is 0.821. The Morgan fingerprint density at radius 2 is 2.16 bits per heavy atom. The van der Waals surface area contributed by atoms with Gasteiger partial charge in [-0.25, -0.2) is 0 Å². The highest BCUT2D eigenvalue weighted by Gasteiger charge is 2.35. The summed E-state index contributed by atoms with van der Waals surface area (Å²) in [5, 5.41) is 10.0. The molecule has 0 amide bonds. The number of ketones is 1. The first-order valence-electron chi connectivity index (χ1n) is 6.40. The van der Waals surface area contributed by atoms with E-state index in [1.54, 1.807) is 18.2 Å². The molecule has 1 atom stereocenters. The van der Waals surface area contributed by atoms with E-state index >= 15 is 0 Å². The molecule has 1 aromatic carbocycles. The van der Waals surface area contributed by atoms with Crippen LogP contribution in [0.15, 0.2) is 18.2 Å². The number of hydrogen-bond donors (Lipinski definition) is 1. The first kappa shape index (κ1) is 14.8. The summed E-state index contributed by atoms with van der Waals surface area (Å²) in [5.41, 5.74) is 0.488. The van der Waals surface area contributed by atoms with Crippen LogP contribution in [0.5, 0.6) is 0 Å². The summed E-state index contributed by atoms with van der Waals surface area (Å²) in [4.78, 5) is 14.5. The van der Waals surface area contributed by atoms with E-state index in [-0.39, 0.29) is 18.4 Å². The van der Waals surface area contributed by atoms with E-state index in [0.29, 0.717) is 28.2 Å². The molecule has 0 radical (unpaired) electrons. The predicted octanol–water partition coefficient (Wildman–Crippen LogP) is 3.02. The highest BCUT2D eigenvalue weighted by molar-refractivity contribution is 6.37. The minimum Gasteiger partial charge on any atom is -0.395 e. The molecule has 0 saturated heterocycles. The van der Waals surface area contributed by atoms with E-state index in [0.717, 1.165) is 12.8 Å². The summed E-state index contributed by atoms with van der Waals surface area (Å²) in [5.74, 6) is -0.0259. The van der Waals surface area contributed by atoms with Crippen molar-refractivity contribution in [2.45, 2.75) is 31.8 Å². The Kier molecular flexibility index (Phi) is 4.85. The smallest absolute Gasteiger partial charge is 0.181 e. The molecule has 1 aromatic rings. The van der Waals surface area contributed by atoms with Crippen LogP contribution in [0.4, 0.5) is 0 Å². The van der Waals surface area contributed by atoms with Gasteiger partial charge in [0.2, 0.25) is 0 Å². The third-order valence-corrected chi connectivity index (χ3v) is 4.00. The molecule has 2 rings (SSSR count). The molecule has 0 bridgehead atoms. The number of nitrogens with zero attached hydrogens (tertiary/aromatic N) is 1. The number of carbonyl (C=O) groups is 1. The first-order chi connectivity index (χ1) is 9.04. The van der Waals surface area contributed by atoms with Gasteiger partial charge in [0.05, 0.1) is 17.7 Å². The summed E-state index contributed by atoms with van der Waals surface area (Å²) < 4.78 is 0. The van der Waals surface area contributed by atoms with Gasteiger partial charge in [-0.1, -0.05) is 23.2 Å². The number of hydrogen-bond acceptors (Lipinski definition) is 3. The highest BCUT2D eigenvalue weighted by Crippen LogP contribution is 2.30. The molecule has 0 aliphatic heterocycles. The van der Waals surface area contributed by atoms with Crippen molar-refractivity contribution in [1.82, 2.24) is 4.90 Å². The zero-order valence-electron chi connectivity index (χ0n) is 10.8. The number of carbonyl (C=O) groups excluding carboxylic acids is 1. The van der Waals surface area contributed by atoms with Gasteiger partial charge < -0.3 is 5.11 Å². The van der Waals surface area contributed by atoms with Gasteiger partial charge in [-0.3, -0.25) is 9.69 Å². The Bertz CT molecular complexity index is 475. The third-order valence-electron chi connectivity index (χ3n) is 3.45. The van der Waals surface area contributed by atoms with E-state index in [2.05, 4.69) is 0 Å². The van der Waals surface area contributed by atoms with Gasteiger partial charge in [0, 0.05) is 23.2 Å². The van der Waals surface area contributed by atoms with Crippen molar-refractivity contribution in [2.75, 3.05) is 13.2 Å². The molecule has 19 heavy (non-hydrogen) atoms. The Balaban J connectivity index is 2.17. The van der Waals surface area contributed by atoms with E-state index in [1.807, 2.05) is 11.8 Å². The minimum absolute atomic E-state index is 0.0259. The maximum Gasteiger partial charge on any atom is 0.181 e. The second kappa shape index (κ2) is 6.23. The molecular weight excluding hydrogens is 285 g/mol. The summed E-state index contributed by atoms with van der Waals surface area (Å²) in [6.07, 6.45) is 2.18. The van der Waals surface area contributed by atoms with Crippen molar-refractivity contribution in [3.63, 3.8) is 0 Å². The number of aliphatic hydroxyl groups is 1. The zero-order chi connectivity index (χ0) is 14.0.